The fraction of sp³-hybridized carbons (Fsp3) is 0. The van der Waals surface area contributed by atoms with Crippen LogP contribution in [0.15, 0.2) is 89.3 Å². The minimum Gasteiger partial charge on any atom is -0.507 e. The van der Waals surface area contributed by atoms with Crippen LogP contribution in [0, 0.1) is 20.2 Å². The molecule has 1 aromatic heterocycles. The molecule has 1 heterocycles. The second-order valence-corrected chi connectivity index (χ2v) is 8.45. The van der Waals surface area contributed by atoms with Gasteiger partial charge in [-0.15, -0.1) is 0 Å². The third-order valence-corrected chi connectivity index (χ3v) is 5.81. The number of phenols is 1. The summed E-state index contributed by atoms with van der Waals surface area (Å²) in [6.45, 7) is 0. The molecular weight excluding hydrogens is 522 g/mol. The Morgan fingerprint density at radius 3 is 1.75 bits per heavy atom. The highest BCUT2D eigenvalue weighted by atomic mass is 16.6. The zero-order valence-electron chi connectivity index (χ0n) is 20.2. The summed E-state index contributed by atoms with van der Waals surface area (Å²) in [6.07, 6.45) is 0. The normalized spacial score (nSPS) is 10.7. The number of aromatic nitrogens is 1. The quantitative estimate of drug-likeness (QED) is 0.136. The van der Waals surface area contributed by atoms with E-state index in [1.54, 1.807) is 18.2 Å². The van der Waals surface area contributed by atoms with E-state index in [1.807, 2.05) is 0 Å². The van der Waals surface area contributed by atoms with E-state index in [9.17, 15) is 34.9 Å². The zero-order chi connectivity index (χ0) is 28.4. The maximum Gasteiger partial charge on any atom is 0.269 e. The second kappa shape index (κ2) is 10.3. The number of phenolic OH excluding ortho intramolecular Hbond substituents is 1. The molecule has 2 amide bonds. The SMILES string of the molecule is O=C(Nc1ccc(O)c(-c2nc3cc(NC(=O)c4ccc([N+](=O)[O-])cc4)ccc3o2)c1)c1ccc([N+](=O)[O-])cc1. The maximum absolute atomic E-state index is 12.6. The fourth-order valence-electron chi connectivity index (χ4n) is 3.78. The summed E-state index contributed by atoms with van der Waals surface area (Å²) in [4.78, 5) is 50.1. The lowest BCUT2D eigenvalue weighted by Crippen LogP contribution is -2.11. The Balaban J connectivity index is 1.34. The number of carbonyl (C=O) groups excluding carboxylic acids is 2. The number of amides is 2. The molecule has 0 fully saturated rings. The van der Waals surface area contributed by atoms with Crippen LogP contribution < -0.4 is 10.6 Å². The first kappa shape index (κ1) is 25.5. The lowest BCUT2D eigenvalue weighted by atomic mass is 10.1. The number of nitrogens with one attached hydrogen (secondary N) is 2. The molecule has 5 aromatic rings. The summed E-state index contributed by atoms with van der Waals surface area (Å²) < 4.78 is 5.77. The van der Waals surface area contributed by atoms with Crippen LogP contribution in [0.3, 0.4) is 0 Å². The number of hydrogen-bond donors (Lipinski definition) is 3. The van der Waals surface area contributed by atoms with Gasteiger partial charge < -0.3 is 20.2 Å². The molecule has 0 unspecified atom stereocenters. The van der Waals surface area contributed by atoms with E-state index in [4.69, 9.17) is 4.42 Å². The van der Waals surface area contributed by atoms with E-state index in [1.165, 1.54) is 66.7 Å². The number of fused-ring (bicyclic) bond motifs is 1. The van der Waals surface area contributed by atoms with Crippen molar-refractivity contribution in [2.24, 2.45) is 0 Å². The molecule has 0 saturated carbocycles. The van der Waals surface area contributed by atoms with Crippen molar-refractivity contribution in [1.82, 2.24) is 4.98 Å². The number of rotatable bonds is 7. The zero-order valence-corrected chi connectivity index (χ0v) is 20.2. The molecule has 3 N–H and O–H groups in total. The van der Waals surface area contributed by atoms with Gasteiger partial charge in [0.05, 0.1) is 15.4 Å². The van der Waals surface area contributed by atoms with E-state index in [2.05, 4.69) is 15.6 Å². The molecule has 0 saturated heterocycles. The molecule has 0 aliphatic carbocycles. The van der Waals surface area contributed by atoms with E-state index in [0.717, 1.165) is 0 Å². The minimum absolute atomic E-state index is 0.0535. The lowest BCUT2D eigenvalue weighted by molar-refractivity contribution is -0.385. The first-order valence-corrected chi connectivity index (χ1v) is 11.5. The Morgan fingerprint density at radius 1 is 0.725 bits per heavy atom. The van der Waals surface area contributed by atoms with Crippen LogP contribution in [0.1, 0.15) is 20.7 Å². The van der Waals surface area contributed by atoms with Gasteiger partial charge in [-0.3, -0.25) is 29.8 Å². The van der Waals surface area contributed by atoms with Gasteiger partial charge in [-0.1, -0.05) is 0 Å². The fourth-order valence-corrected chi connectivity index (χ4v) is 3.78. The number of hydrogen-bond acceptors (Lipinski definition) is 9. The Kier molecular flexibility index (Phi) is 6.60. The smallest absolute Gasteiger partial charge is 0.269 e. The number of aromatic hydroxyl groups is 1. The van der Waals surface area contributed by atoms with Crippen molar-refractivity contribution < 1.29 is 29.0 Å². The molecule has 13 heteroatoms. The molecule has 198 valence electrons. The number of non-ortho nitro benzene ring substituents is 2. The van der Waals surface area contributed by atoms with Gasteiger partial charge in [-0.2, -0.15) is 0 Å². The van der Waals surface area contributed by atoms with Gasteiger partial charge in [0.25, 0.3) is 23.2 Å². The van der Waals surface area contributed by atoms with Crippen molar-refractivity contribution in [3.05, 3.63) is 116 Å². The summed E-state index contributed by atoms with van der Waals surface area (Å²) in [5.41, 5.74) is 1.78. The van der Waals surface area contributed by atoms with Gasteiger partial charge >= 0.3 is 0 Å². The summed E-state index contributed by atoms with van der Waals surface area (Å²) in [5, 5.41) is 37.4. The van der Waals surface area contributed by atoms with E-state index < -0.39 is 21.7 Å². The minimum atomic E-state index is -0.565. The van der Waals surface area contributed by atoms with Gasteiger partial charge in [-0.25, -0.2) is 4.98 Å². The topological polar surface area (TPSA) is 191 Å². The summed E-state index contributed by atoms with van der Waals surface area (Å²) in [5.74, 6) is -1.10. The average molecular weight is 539 g/mol. The molecule has 0 bridgehead atoms. The lowest BCUT2D eigenvalue weighted by Gasteiger charge is -2.07. The molecule has 0 aliphatic heterocycles. The van der Waals surface area contributed by atoms with Crippen LogP contribution in [0.2, 0.25) is 0 Å². The third kappa shape index (κ3) is 5.28. The standard InChI is InChI=1S/C27H17N5O8/c33-23-11-5-17(28-25(34)15-1-7-19(8-2-15)31(36)37)13-21(23)27-30-22-14-18(6-12-24(22)40-27)29-26(35)16-3-9-20(10-4-16)32(38)39/h1-14,33H,(H,28,34)(H,29,35). The monoisotopic (exact) mass is 539 g/mol. The number of benzene rings is 4. The first-order chi connectivity index (χ1) is 19.2. The van der Waals surface area contributed by atoms with Crippen LogP contribution in [-0.2, 0) is 0 Å². The van der Waals surface area contributed by atoms with Crippen LogP contribution in [0.5, 0.6) is 5.75 Å². The molecule has 0 aliphatic rings. The number of oxazole rings is 1. The molecule has 0 radical (unpaired) electrons. The van der Waals surface area contributed by atoms with Gasteiger partial charge in [-0.05, 0) is 60.7 Å². The molecule has 0 atom stereocenters. The molecular formula is C27H17N5O8. The molecule has 40 heavy (non-hydrogen) atoms. The van der Waals surface area contributed by atoms with E-state index in [0.29, 0.717) is 22.5 Å². The first-order valence-electron chi connectivity index (χ1n) is 11.5. The maximum atomic E-state index is 12.6. The number of nitro benzene ring substituents is 2. The van der Waals surface area contributed by atoms with Gasteiger partial charge in [0, 0.05) is 46.8 Å². The summed E-state index contributed by atoms with van der Waals surface area (Å²) >= 11 is 0. The Hall–Kier alpha value is -6.11. The predicted molar refractivity (Wildman–Crippen MR) is 143 cm³/mol. The van der Waals surface area contributed by atoms with Crippen LogP contribution in [0.4, 0.5) is 22.7 Å². The van der Waals surface area contributed by atoms with Crippen molar-refractivity contribution in [3.63, 3.8) is 0 Å². The molecule has 4 aromatic carbocycles. The van der Waals surface area contributed by atoms with Gasteiger partial charge in [0.1, 0.15) is 11.3 Å². The number of anilines is 2. The number of nitro groups is 2. The van der Waals surface area contributed by atoms with E-state index >= 15 is 0 Å². The van der Waals surface area contributed by atoms with Crippen molar-refractivity contribution in [3.8, 4) is 17.2 Å². The highest BCUT2D eigenvalue weighted by Gasteiger charge is 2.17. The molecule has 0 spiro atoms. The highest BCUT2D eigenvalue weighted by Crippen LogP contribution is 2.34. The predicted octanol–water partition coefficient (Wildman–Crippen LogP) is 5.52. The van der Waals surface area contributed by atoms with Crippen LogP contribution in [0.25, 0.3) is 22.6 Å². The van der Waals surface area contributed by atoms with Crippen molar-refractivity contribution in [2.75, 3.05) is 10.6 Å². The van der Waals surface area contributed by atoms with Crippen molar-refractivity contribution in [1.29, 1.82) is 0 Å². The van der Waals surface area contributed by atoms with Crippen molar-refractivity contribution >= 4 is 45.7 Å². The van der Waals surface area contributed by atoms with Crippen LogP contribution in [-0.4, -0.2) is 31.8 Å². The third-order valence-electron chi connectivity index (χ3n) is 5.81. The largest absolute Gasteiger partial charge is 0.507 e. The van der Waals surface area contributed by atoms with Gasteiger partial charge in [0.15, 0.2) is 5.58 Å². The molecule has 5 rings (SSSR count). The highest BCUT2D eigenvalue weighted by molar-refractivity contribution is 6.05. The Bertz CT molecular complexity index is 1800. The Morgan fingerprint density at radius 2 is 1.23 bits per heavy atom. The van der Waals surface area contributed by atoms with Crippen molar-refractivity contribution in [2.45, 2.75) is 0 Å². The summed E-state index contributed by atoms with van der Waals surface area (Å²) in [7, 11) is 0. The molecule has 13 nitrogen and oxygen atoms in total. The average Bonchev–Trinajstić information content (AvgIpc) is 3.37. The number of carbonyl (C=O) groups is 2. The number of nitrogens with zero attached hydrogens (tertiary/aromatic N) is 3. The van der Waals surface area contributed by atoms with Crippen LogP contribution >= 0.6 is 0 Å². The van der Waals surface area contributed by atoms with Gasteiger partial charge in [0.2, 0.25) is 5.89 Å². The second-order valence-electron chi connectivity index (χ2n) is 8.45. The Labute approximate surface area is 224 Å². The summed E-state index contributed by atoms with van der Waals surface area (Å²) in [6, 6.07) is 19.2. The van der Waals surface area contributed by atoms with E-state index in [-0.39, 0.29) is 39.7 Å².